The maximum absolute atomic E-state index is 14.0. The van der Waals surface area contributed by atoms with E-state index in [0.29, 0.717) is 11.4 Å². The molecule has 0 radical (unpaired) electrons. The van der Waals surface area contributed by atoms with E-state index >= 15 is 0 Å². The van der Waals surface area contributed by atoms with Crippen LogP contribution in [-0.4, -0.2) is 78.4 Å². The van der Waals surface area contributed by atoms with Crippen molar-refractivity contribution in [1.29, 1.82) is 0 Å². The second kappa shape index (κ2) is 7.71. The standard InChI is InChI=1S/C24H26N2O7/c1-23-9-4-14-32-22(30)18(23)17-20(28)26(12-13-27)19-21(29)25(11-3-10-24(17,19)33-23)15-5-7-16(31-2)8-6-15/h3-10,17-19,27H,11-14H2,1-2H3/t17-,18-,19?,23+,24-/m0/s1. The zero-order valence-corrected chi connectivity index (χ0v) is 18.5. The largest absolute Gasteiger partial charge is 0.497 e. The van der Waals surface area contributed by atoms with Crippen LogP contribution in [0.1, 0.15) is 6.92 Å². The van der Waals surface area contributed by atoms with Gasteiger partial charge in [-0.25, -0.2) is 0 Å². The van der Waals surface area contributed by atoms with Crippen molar-refractivity contribution >= 4 is 23.5 Å². The zero-order valence-electron chi connectivity index (χ0n) is 18.5. The van der Waals surface area contributed by atoms with E-state index in [-0.39, 0.29) is 32.2 Å². The van der Waals surface area contributed by atoms with Gasteiger partial charge in [0.05, 0.1) is 25.2 Å². The molecule has 4 heterocycles. The highest BCUT2D eigenvalue weighted by Crippen LogP contribution is 2.57. The number of amides is 2. The molecule has 9 nitrogen and oxygen atoms in total. The van der Waals surface area contributed by atoms with Crippen molar-refractivity contribution in [2.45, 2.75) is 24.2 Å². The maximum Gasteiger partial charge on any atom is 0.313 e. The highest BCUT2D eigenvalue weighted by Gasteiger charge is 2.74. The summed E-state index contributed by atoms with van der Waals surface area (Å²) in [5.74, 6) is -2.45. The number of benzene rings is 1. The van der Waals surface area contributed by atoms with Gasteiger partial charge in [-0.3, -0.25) is 14.4 Å². The van der Waals surface area contributed by atoms with E-state index < -0.39 is 41.0 Å². The summed E-state index contributed by atoms with van der Waals surface area (Å²) in [7, 11) is 1.56. The molecule has 9 heteroatoms. The van der Waals surface area contributed by atoms with Crippen LogP contribution in [0, 0.1) is 11.8 Å². The summed E-state index contributed by atoms with van der Waals surface area (Å²) in [4.78, 5) is 43.5. The molecule has 0 aromatic heterocycles. The molecule has 5 atom stereocenters. The molecular formula is C24H26N2O7. The number of aliphatic hydroxyl groups excluding tert-OH is 1. The number of carbonyl (C=O) groups excluding carboxylic acids is 3. The van der Waals surface area contributed by atoms with Gasteiger partial charge in [-0.15, -0.1) is 0 Å². The van der Waals surface area contributed by atoms with Crippen molar-refractivity contribution in [3.05, 3.63) is 48.6 Å². The van der Waals surface area contributed by atoms with Crippen molar-refractivity contribution in [3.8, 4) is 5.75 Å². The minimum absolute atomic E-state index is 0.0462. The maximum atomic E-state index is 14.0. The van der Waals surface area contributed by atoms with Crippen LogP contribution >= 0.6 is 0 Å². The Kier molecular flexibility index (Phi) is 5.06. The Balaban J connectivity index is 1.62. The molecule has 1 N–H and O–H groups in total. The quantitative estimate of drug-likeness (QED) is 0.527. The Morgan fingerprint density at radius 1 is 1.09 bits per heavy atom. The van der Waals surface area contributed by atoms with Crippen molar-refractivity contribution in [2.75, 3.05) is 38.3 Å². The first-order valence-electron chi connectivity index (χ1n) is 11.0. The van der Waals surface area contributed by atoms with Crippen LogP contribution in [0.2, 0.25) is 0 Å². The number of cyclic esters (lactones) is 1. The number of ether oxygens (including phenoxy) is 3. The smallest absolute Gasteiger partial charge is 0.313 e. The lowest BCUT2D eigenvalue weighted by atomic mass is 9.75. The first kappa shape index (κ1) is 21.7. The molecule has 4 aliphatic rings. The Morgan fingerprint density at radius 3 is 2.55 bits per heavy atom. The van der Waals surface area contributed by atoms with Crippen LogP contribution in [0.25, 0.3) is 0 Å². The van der Waals surface area contributed by atoms with Gasteiger partial charge in [-0.1, -0.05) is 18.2 Å². The number of hydrogen-bond acceptors (Lipinski definition) is 7. The molecule has 1 spiro atoms. The molecule has 2 saturated heterocycles. The molecule has 0 aliphatic carbocycles. The van der Waals surface area contributed by atoms with E-state index in [2.05, 4.69) is 0 Å². The zero-order chi connectivity index (χ0) is 23.4. The summed E-state index contributed by atoms with van der Waals surface area (Å²) in [6, 6.07) is 6.02. The first-order chi connectivity index (χ1) is 15.9. The van der Waals surface area contributed by atoms with Gasteiger partial charge in [0.2, 0.25) is 5.91 Å². The third-order valence-corrected chi connectivity index (χ3v) is 7.04. The molecule has 1 aromatic carbocycles. The third kappa shape index (κ3) is 3.02. The van der Waals surface area contributed by atoms with Crippen molar-refractivity contribution in [1.82, 2.24) is 4.90 Å². The van der Waals surface area contributed by atoms with Gasteiger partial charge >= 0.3 is 5.97 Å². The number of esters is 1. The molecule has 4 aliphatic heterocycles. The van der Waals surface area contributed by atoms with E-state index in [1.54, 1.807) is 67.5 Å². The summed E-state index contributed by atoms with van der Waals surface area (Å²) in [5.41, 5.74) is -1.82. The lowest BCUT2D eigenvalue weighted by molar-refractivity contribution is -0.156. The van der Waals surface area contributed by atoms with Crippen LogP contribution < -0.4 is 9.64 Å². The summed E-state index contributed by atoms with van der Waals surface area (Å²) in [6.07, 6.45) is 7.00. The number of aliphatic hydroxyl groups is 1. The fourth-order valence-electron chi connectivity index (χ4n) is 5.70. The van der Waals surface area contributed by atoms with Gasteiger partial charge in [0.1, 0.15) is 29.9 Å². The highest BCUT2D eigenvalue weighted by molar-refractivity contribution is 6.05. The fourth-order valence-corrected chi connectivity index (χ4v) is 5.70. The number of methoxy groups -OCH3 is 1. The molecule has 1 unspecified atom stereocenters. The molecule has 33 heavy (non-hydrogen) atoms. The fraction of sp³-hybridized carbons (Fsp3) is 0.458. The summed E-state index contributed by atoms with van der Waals surface area (Å²) >= 11 is 0. The molecular weight excluding hydrogens is 428 g/mol. The van der Waals surface area contributed by atoms with Crippen LogP contribution in [-0.2, 0) is 23.9 Å². The van der Waals surface area contributed by atoms with E-state index in [1.165, 1.54) is 4.90 Å². The second-order valence-corrected chi connectivity index (χ2v) is 8.83. The minimum Gasteiger partial charge on any atom is -0.497 e. The summed E-state index contributed by atoms with van der Waals surface area (Å²) in [6.45, 7) is 1.75. The van der Waals surface area contributed by atoms with Crippen LogP contribution in [0.3, 0.4) is 0 Å². The summed E-state index contributed by atoms with van der Waals surface area (Å²) in [5, 5.41) is 9.68. The topological polar surface area (TPSA) is 106 Å². The Labute approximate surface area is 191 Å². The lowest BCUT2D eigenvalue weighted by Gasteiger charge is -2.37. The molecule has 1 aromatic rings. The number of likely N-dealkylation sites (tertiary alicyclic amines) is 1. The van der Waals surface area contributed by atoms with E-state index in [0.717, 1.165) is 0 Å². The predicted octanol–water partition coefficient (Wildman–Crippen LogP) is 0.674. The van der Waals surface area contributed by atoms with Gasteiger partial charge in [0, 0.05) is 18.8 Å². The number of anilines is 1. The first-order valence-corrected chi connectivity index (χ1v) is 11.0. The summed E-state index contributed by atoms with van der Waals surface area (Å²) < 4.78 is 17.1. The van der Waals surface area contributed by atoms with Crippen molar-refractivity contribution in [2.24, 2.45) is 11.8 Å². The van der Waals surface area contributed by atoms with Crippen molar-refractivity contribution < 1.29 is 33.7 Å². The molecule has 2 amide bonds. The Morgan fingerprint density at radius 2 is 1.85 bits per heavy atom. The predicted molar refractivity (Wildman–Crippen MR) is 116 cm³/mol. The normalized spacial score (nSPS) is 35.0. The highest BCUT2D eigenvalue weighted by atomic mass is 16.6. The van der Waals surface area contributed by atoms with Crippen LogP contribution in [0.5, 0.6) is 5.75 Å². The lowest BCUT2D eigenvalue weighted by Crippen LogP contribution is -2.56. The molecule has 174 valence electrons. The number of nitrogens with zero attached hydrogens (tertiary/aromatic N) is 2. The van der Waals surface area contributed by atoms with E-state index in [9.17, 15) is 19.5 Å². The van der Waals surface area contributed by atoms with Crippen LogP contribution in [0.4, 0.5) is 5.69 Å². The SMILES string of the molecule is COc1ccc(N2CC=C[C@]34O[C@]5(C)C=CCOC(=O)[C@@H]5[C@H]3C(=O)N(CCO)C4C2=O)cc1. The van der Waals surface area contributed by atoms with Crippen molar-refractivity contribution in [3.63, 3.8) is 0 Å². The van der Waals surface area contributed by atoms with Crippen LogP contribution in [0.15, 0.2) is 48.6 Å². The number of β-amino-alcohol motifs (C(OH)–C–C–N with tert-alkyl or cyclic N) is 1. The Bertz CT molecular complexity index is 1050. The van der Waals surface area contributed by atoms with Gasteiger partial charge in [0.25, 0.3) is 5.91 Å². The average molecular weight is 454 g/mol. The van der Waals surface area contributed by atoms with E-state index in [4.69, 9.17) is 14.2 Å². The number of hydrogen-bond donors (Lipinski definition) is 1. The van der Waals surface area contributed by atoms with Gasteiger partial charge in [-0.05, 0) is 37.3 Å². The van der Waals surface area contributed by atoms with Gasteiger partial charge < -0.3 is 29.1 Å². The molecule has 0 bridgehead atoms. The molecule has 2 fully saturated rings. The monoisotopic (exact) mass is 454 g/mol. The number of rotatable bonds is 4. The Hall–Kier alpha value is -3.17. The number of carbonyl (C=O) groups is 3. The number of fused-ring (bicyclic) bond motifs is 2. The third-order valence-electron chi connectivity index (χ3n) is 7.04. The molecule has 5 rings (SSSR count). The minimum atomic E-state index is -1.36. The van der Waals surface area contributed by atoms with Gasteiger partial charge in [-0.2, -0.15) is 0 Å². The van der Waals surface area contributed by atoms with E-state index in [1.807, 2.05) is 0 Å². The average Bonchev–Trinajstić information content (AvgIpc) is 3.05. The molecule has 0 saturated carbocycles. The second-order valence-electron chi connectivity index (χ2n) is 8.83. The van der Waals surface area contributed by atoms with Gasteiger partial charge in [0.15, 0.2) is 0 Å².